The summed E-state index contributed by atoms with van der Waals surface area (Å²) < 4.78 is 11.6. The number of aryl methyl sites for hydroxylation is 2. The molecule has 4 heteroatoms. The summed E-state index contributed by atoms with van der Waals surface area (Å²) in [4.78, 5) is 12.4. The molecular weight excluding hydrogens is 350 g/mol. The first-order chi connectivity index (χ1) is 13.5. The molecule has 0 spiro atoms. The maximum absolute atomic E-state index is 12.4. The highest BCUT2D eigenvalue weighted by molar-refractivity contribution is 5.94. The third-order valence-electron chi connectivity index (χ3n) is 4.37. The first kappa shape index (κ1) is 19.5. The molecule has 3 aromatic rings. The van der Waals surface area contributed by atoms with Gasteiger partial charge >= 0.3 is 0 Å². The SMILES string of the molecule is Cc1ccc(O[C@@H](C)C(=O)Nc2ccc(OCc3ccccc3)cc2)c(C)c1. The molecule has 0 aliphatic carbocycles. The summed E-state index contributed by atoms with van der Waals surface area (Å²) in [5.74, 6) is 1.28. The third-order valence-corrected chi connectivity index (χ3v) is 4.37. The van der Waals surface area contributed by atoms with Gasteiger partial charge < -0.3 is 14.8 Å². The first-order valence-electron chi connectivity index (χ1n) is 9.33. The lowest BCUT2D eigenvalue weighted by Gasteiger charge is -2.16. The summed E-state index contributed by atoms with van der Waals surface area (Å²) in [5, 5.41) is 2.87. The Morgan fingerprint density at radius 2 is 1.68 bits per heavy atom. The van der Waals surface area contributed by atoms with Crippen LogP contribution in [-0.2, 0) is 11.4 Å². The van der Waals surface area contributed by atoms with Gasteiger partial charge in [0.05, 0.1) is 0 Å². The van der Waals surface area contributed by atoms with Gasteiger partial charge in [0.1, 0.15) is 18.1 Å². The molecule has 144 valence electrons. The Kier molecular flexibility index (Phi) is 6.33. The van der Waals surface area contributed by atoms with Gasteiger partial charge in [-0.05, 0) is 62.2 Å². The number of anilines is 1. The fraction of sp³-hybridized carbons (Fsp3) is 0.208. The molecule has 1 amide bonds. The monoisotopic (exact) mass is 375 g/mol. The van der Waals surface area contributed by atoms with E-state index in [1.807, 2.05) is 86.6 Å². The van der Waals surface area contributed by atoms with Gasteiger partial charge in [0.25, 0.3) is 5.91 Å². The van der Waals surface area contributed by atoms with E-state index in [0.717, 1.165) is 28.2 Å². The predicted molar refractivity (Wildman–Crippen MR) is 112 cm³/mol. The van der Waals surface area contributed by atoms with Crippen molar-refractivity contribution in [2.45, 2.75) is 33.5 Å². The van der Waals surface area contributed by atoms with Gasteiger partial charge in [0.2, 0.25) is 0 Å². The fourth-order valence-corrected chi connectivity index (χ4v) is 2.79. The highest BCUT2D eigenvalue weighted by Gasteiger charge is 2.16. The predicted octanol–water partition coefficient (Wildman–Crippen LogP) is 5.29. The van der Waals surface area contributed by atoms with Crippen molar-refractivity contribution in [3.8, 4) is 11.5 Å². The normalized spacial score (nSPS) is 11.5. The average Bonchev–Trinajstić information content (AvgIpc) is 2.70. The highest BCUT2D eigenvalue weighted by Crippen LogP contribution is 2.21. The van der Waals surface area contributed by atoms with Crippen molar-refractivity contribution in [1.29, 1.82) is 0 Å². The molecule has 0 saturated heterocycles. The molecule has 0 radical (unpaired) electrons. The van der Waals surface area contributed by atoms with Crippen LogP contribution >= 0.6 is 0 Å². The number of nitrogens with one attached hydrogen (secondary N) is 1. The summed E-state index contributed by atoms with van der Waals surface area (Å²) in [6, 6.07) is 23.2. The number of hydrogen-bond donors (Lipinski definition) is 1. The summed E-state index contributed by atoms with van der Waals surface area (Å²) in [7, 11) is 0. The zero-order valence-corrected chi connectivity index (χ0v) is 16.4. The first-order valence-corrected chi connectivity index (χ1v) is 9.33. The van der Waals surface area contributed by atoms with Crippen molar-refractivity contribution in [3.05, 3.63) is 89.5 Å². The van der Waals surface area contributed by atoms with Gasteiger partial charge in [-0.1, -0.05) is 48.0 Å². The van der Waals surface area contributed by atoms with Crippen LogP contribution in [0.5, 0.6) is 11.5 Å². The smallest absolute Gasteiger partial charge is 0.265 e. The second kappa shape index (κ2) is 9.09. The maximum atomic E-state index is 12.4. The van der Waals surface area contributed by atoms with Crippen LogP contribution < -0.4 is 14.8 Å². The van der Waals surface area contributed by atoms with Crippen molar-refractivity contribution >= 4 is 11.6 Å². The summed E-state index contributed by atoms with van der Waals surface area (Å²) >= 11 is 0. The number of carbonyl (C=O) groups is 1. The maximum Gasteiger partial charge on any atom is 0.265 e. The molecule has 0 bridgehead atoms. The van der Waals surface area contributed by atoms with Crippen molar-refractivity contribution in [1.82, 2.24) is 0 Å². The minimum atomic E-state index is -0.601. The Labute approximate surface area is 166 Å². The average molecular weight is 375 g/mol. The van der Waals surface area contributed by atoms with E-state index in [4.69, 9.17) is 9.47 Å². The van der Waals surface area contributed by atoms with Crippen LogP contribution in [0.3, 0.4) is 0 Å². The summed E-state index contributed by atoms with van der Waals surface area (Å²) in [6.07, 6.45) is -0.601. The van der Waals surface area contributed by atoms with Crippen LogP contribution in [0, 0.1) is 13.8 Å². The standard InChI is InChI=1S/C24H25NO3/c1-17-9-14-23(18(2)15-17)28-19(3)24(26)25-21-10-12-22(13-11-21)27-16-20-7-5-4-6-8-20/h4-15,19H,16H2,1-3H3,(H,25,26)/t19-/m0/s1. The second-order valence-electron chi connectivity index (χ2n) is 6.82. The van der Waals surface area contributed by atoms with Crippen molar-refractivity contribution in [2.75, 3.05) is 5.32 Å². The molecule has 0 aliphatic rings. The molecule has 4 nitrogen and oxygen atoms in total. The number of hydrogen-bond acceptors (Lipinski definition) is 3. The molecule has 3 rings (SSSR count). The lowest BCUT2D eigenvalue weighted by molar-refractivity contribution is -0.122. The Morgan fingerprint density at radius 1 is 0.964 bits per heavy atom. The van der Waals surface area contributed by atoms with Gasteiger partial charge in [-0.15, -0.1) is 0 Å². The minimum Gasteiger partial charge on any atom is -0.489 e. The molecule has 1 N–H and O–H groups in total. The summed E-state index contributed by atoms with van der Waals surface area (Å²) in [6.45, 7) is 6.25. The molecule has 0 fully saturated rings. The van der Waals surface area contributed by atoms with E-state index >= 15 is 0 Å². The third kappa shape index (κ3) is 5.36. The van der Waals surface area contributed by atoms with Crippen molar-refractivity contribution in [2.24, 2.45) is 0 Å². The number of carbonyl (C=O) groups excluding carboxylic acids is 1. The number of rotatable bonds is 7. The largest absolute Gasteiger partial charge is 0.489 e. The van der Waals surface area contributed by atoms with Crippen LogP contribution in [0.25, 0.3) is 0 Å². The number of ether oxygens (including phenoxy) is 2. The van der Waals surface area contributed by atoms with Gasteiger partial charge in [-0.2, -0.15) is 0 Å². The van der Waals surface area contributed by atoms with Crippen LogP contribution in [0.4, 0.5) is 5.69 Å². The minimum absolute atomic E-state index is 0.196. The van der Waals surface area contributed by atoms with Gasteiger partial charge in [0.15, 0.2) is 6.10 Å². The molecule has 28 heavy (non-hydrogen) atoms. The molecule has 3 aromatic carbocycles. The quantitative estimate of drug-likeness (QED) is 0.610. The Balaban J connectivity index is 1.53. The topological polar surface area (TPSA) is 47.6 Å². The Hall–Kier alpha value is -3.27. The molecular formula is C24H25NO3. The summed E-state index contributed by atoms with van der Waals surface area (Å²) in [5.41, 5.74) is 3.99. The van der Waals surface area contributed by atoms with Crippen LogP contribution in [0.1, 0.15) is 23.6 Å². The highest BCUT2D eigenvalue weighted by atomic mass is 16.5. The zero-order chi connectivity index (χ0) is 19.9. The Bertz CT molecular complexity index is 920. The molecule has 0 unspecified atom stereocenters. The second-order valence-corrected chi connectivity index (χ2v) is 6.82. The van der Waals surface area contributed by atoms with Crippen LogP contribution in [-0.4, -0.2) is 12.0 Å². The van der Waals surface area contributed by atoms with Gasteiger partial charge in [-0.3, -0.25) is 4.79 Å². The van der Waals surface area contributed by atoms with E-state index in [1.165, 1.54) is 0 Å². The molecule has 0 aliphatic heterocycles. The Morgan fingerprint density at radius 3 is 2.36 bits per heavy atom. The van der Waals surface area contributed by atoms with Crippen LogP contribution in [0.2, 0.25) is 0 Å². The van der Waals surface area contributed by atoms with E-state index in [-0.39, 0.29) is 5.91 Å². The van der Waals surface area contributed by atoms with E-state index in [0.29, 0.717) is 12.3 Å². The zero-order valence-electron chi connectivity index (χ0n) is 16.4. The number of amides is 1. The van der Waals surface area contributed by atoms with Gasteiger partial charge in [-0.25, -0.2) is 0 Å². The van der Waals surface area contributed by atoms with E-state index in [9.17, 15) is 4.79 Å². The van der Waals surface area contributed by atoms with Crippen molar-refractivity contribution in [3.63, 3.8) is 0 Å². The van der Waals surface area contributed by atoms with Gasteiger partial charge in [0, 0.05) is 5.69 Å². The number of benzene rings is 3. The van der Waals surface area contributed by atoms with Crippen LogP contribution in [0.15, 0.2) is 72.8 Å². The van der Waals surface area contributed by atoms with Crippen molar-refractivity contribution < 1.29 is 14.3 Å². The molecule has 0 heterocycles. The lowest BCUT2D eigenvalue weighted by atomic mass is 10.1. The van der Waals surface area contributed by atoms with E-state index in [1.54, 1.807) is 6.92 Å². The molecule has 0 saturated carbocycles. The van der Waals surface area contributed by atoms with E-state index < -0.39 is 6.10 Å². The fourth-order valence-electron chi connectivity index (χ4n) is 2.79. The molecule has 1 atom stereocenters. The lowest BCUT2D eigenvalue weighted by Crippen LogP contribution is -2.30. The van der Waals surface area contributed by atoms with E-state index in [2.05, 4.69) is 5.32 Å². The molecule has 0 aromatic heterocycles.